The number of para-hydroxylation sites is 2. The monoisotopic (exact) mass is 837 g/mol. The molecule has 3 heteroatoms. The minimum atomic E-state index is 0.117. The number of nitrogens with zero attached hydrogens (tertiary/aromatic N) is 2. The number of carbonyl (C=O) groups excluding carboxylic acids is 1. The van der Waals surface area contributed by atoms with Crippen LogP contribution >= 0.6 is 0 Å². The van der Waals surface area contributed by atoms with Crippen molar-refractivity contribution in [2.75, 3.05) is 22.9 Å². The van der Waals surface area contributed by atoms with Crippen LogP contribution in [-0.2, 0) is 0 Å². The molecule has 0 radical (unpaired) electrons. The van der Waals surface area contributed by atoms with Gasteiger partial charge in [0.15, 0.2) is 0 Å². The van der Waals surface area contributed by atoms with Crippen LogP contribution in [0.3, 0.4) is 0 Å². The fourth-order valence-corrected chi connectivity index (χ4v) is 8.52. The Hall–Kier alpha value is -3.07. The molecule has 0 aliphatic carbocycles. The lowest BCUT2D eigenvalue weighted by atomic mass is 10.0. The molecule has 3 nitrogen and oxygen atoms in total. The molecular formula is C58H96N2O. The molecule has 0 N–H and O–H groups in total. The summed E-state index contributed by atoms with van der Waals surface area (Å²) < 4.78 is 0. The first-order chi connectivity index (χ1) is 30.3. The first kappa shape index (κ1) is 54.1. The van der Waals surface area contributed by atoms with Crippen LogP contribution < -0.4 is 9.80 Å². The zero-order chi connectivity index (χ0) is 43.4. The molecule has 0 aliphatic heterocycles. The molecule has 0 atom stereocenters. The Labute approximate surface area is 379 Å². The Balaban J connectivity index is 1.58. The van der Waals surface area contributed by atoms with Crippen LogP contribution in [-0.4, -0.2) is 19.1 Å². The van der Waals surface area contributed by atoms with E-state index in [1.54, 1.807) is 0 Å². The van der Waals surface area contributed by atoms with Crippen molar-refractivity contribution in [1.29, 1.82) is 0 Å². The molecule has 0 aliphatic rings. The van der Waals surface area contributed by atoms with Gasteiger partial charge in [-0.15, -0.1) is 6.58 Å². The van der Waals surface area contributed by atoms with Crippen LogP contribution in [0.25, 0.3) is 0 Å². The summed E-state index contributed by atoms with van der Waals surface area (Å²) in [5, 5.41) is 0. The smallest absolute Gasteiger partial charge is 0.294 e. The van der Waals surface area contributed by atoms with Gasteiger partial charge in [-0.05, 0) is 101 Å². The van der Waals surface area contributed by atoms with Crippen LogP contribution in [0.2, 0.25) is 0 Å². The number of rotatable bonds is 43. The number of allylic oxidation sites excluding steroid dienone is 5. The van der Waals surface area contributed by atoms with Gasteiger partial charge in [-0.3, -0.25) is 9.80 Å². The second-order valence-electron chi connectivity index (χ2n) is 18.0. The summed E-state index contributed by atoms with van der Waals surface area (Å²) in [4.78, 5) is 18.4. The van der Waals surface area contributed by atoms with E-state index >= 15 is 0 Å². The zero-order valence-electron chi connectivity index (χ0n) is 40.0. The van der Waals surface area contributed by atoms with E-state index in [-0.39, 0.29) is 6.03 Å². The van der Waals surface area contributed by atoms with E-state index < -0.39 is 0 Å². The normalized spacial score (nSPS) is 11.6. The molecule has 2 aromatic carbocycles. The van der Waals surface area contributed by atoms with Gasteiger partial charge in [-0.1, -0.05) is 228 Å². The van der Waals surface area contributed by atoms with Gasteiger partial charge in [0.2, 0.25) is 0 Å². The second kappa shape index (κ2) is 42.2. The third-order valence-electron chi connectivity index (χ3n) is 12.4. The number of amides is 2. The van der Waals surface area contributed by atoms with Crippen molar-refractivity contribution in [2.24, 2.45) is 0 Å². The molecule has 0 heterocycles. The lowest BCUT2D eigenvalue weighted by Gasteiger charge is -2.31. The first-order valence-corrected chi connectivity index (χ1v) is 26.4. The number of hydrogen-bond donors (Lipinski definition) is 0. The topological polar surface area (TPSA) is 23.6 Å². The summed E-state index contributed by atoms with van der Waals surface area (Å²) in [7, 11) is 0. The summed E-state index contributed by atoms with van der Waals surface area (Å²) in [5.74, 6) is 0. The van der Waals surface area contributed by atoms with Gasteiger partial charge in [-0.25, -0.2) is 4.79 Å². The van der Waals surface area contributed by atoms with Crippen molar-refractivity contribution < 1.29 is 4.79 Å². The first-order valence-electron chi connectivity index (χ1n) is 26.4. The van der Waals surface area contributed by atoms with E-state index in [0.29, 0.717) is 0 Å². The molecule has 0 unspecified atom stereocenters. The molecule has 2 amide bonds. The van der Waals surface area contributed by atoms with E-state index in [9.17, 15) is 4.79 Å². The molecule has 0 bridgehead atoms. The number of benzene rings is 2. The Morgan fingerprint density at radius 1 is 0.377 bits per heavy atom. The molecule has 2 aromatic rings. The number of carbonyl (C=O) groups is 1. The summed E-state index contributed by atoms with van der Waals surface area (Å²) in [6.45, 7) is 7.64. The minimum Gasteiger partial charge on any atom is -0.294 e. The molecule has 0 saturated heterocycles. The highest BCUT2D eigenvalue weighted by Crippen LogP contribution is 2.23. The summed E-state index contributed by atoms with van der Waals surface area (Å²) in [6, 6.07) is 20.9. The number of urea groups is 1. The van der Waals surface area contributed by atoms with E-state index in [0.717, 1.165) is 37.3 Å². The number of unbranched alkanes of at least 4 members (excludes halogenated alkanes) is 32. The highest BCUT2D eigenvalue weighted by molar-refractivity contribution is 6.03. The van der Waals surface area contributed by atoms with Crippen LogP contribution in [0.1, 0.15) is 238 Å². The highest BCUT2D eigenvalue weighted by Gasteiger charge is 2.23. The van der Waals surface area contributed by atoms with Gasteiger partial charge in [-0.2, -0.15) is 0 Å². The van der Waals surface area contributed by atoms with Gasteiger partial charge < -0.3 is 0 Å². The van der Waals surface area contributed by atoms with Gasteiger partial charge in [0.1, 0.15) is 0 Å². The van der Waals surface area contributed by atoms with Crippen molar-refractivity contribution >= 4 is 17.4 Å². The molecule has 0 fully saturated rings. The lowest BCUT2D eigenvalue weighted by Crippen LogP contribution is -2.44. The fourth-order valence-electron chi connectivity index (χ4n) is 8.52. The maximum atomic E-state index is 14.4. The molecule has 2 rings (SSSR count). The molecule has 344 valence electrons. The van der Waals surface area contributed by atoms with Gasteiger partial charge in [0, 0.05) is 24.5 Å². The van der Waals surface area contributed by atoms with Crippen molar-refractivity contribution in [3.63, 3.8) is 0 Å². The average molecular weight is 837 g/mol. The Kier molecular flexibility index (Phi) is 37.4. The maximum Gasteiger partial charge on any atom is 0.328 e. The van der Waals surface area contributed by atoms with Gasteiger partial charge >= 0.3 is 6.03 Å². The summed E-state index contributed by atoms with van der Waals surface area (Å²) in [6.07, 6.45) is 59.0. The highest BCUT2D eigenvalue weighted by atomic mass is 16.2. The molecule has 0 saturated carbocycles. The van der Waals surface area contributed by atoms with E-state index in [1.165, 1.54) is 218 Å². The van der Waals surface area contributed by atoms with Crippen LogP contribution in [0.15, 0.2) is 97.6 Å². The van der Waals surface area contributed by atoms with Crippen LogP contribution in [0.5, 0.6) is 0 Å². The minimum absolute atomic E-state index is 0.117. The third-order valence-corrected chi connectivity index (χ3v) is 12.4. The standard InChI is InChI=1S/C58H96N2O/c1-3-5-7-9-11-13-15-17-19-21-23-25-27-29-31-33-35-37-39-41-49-55-60(57-52-46-43-47-53-57)58(61)59(56-50-44-42-45-51-56)54-48-40-38-36-34-32-30-28-26-24-22-20-18-16-14-12-10-8-6-4-2/h3,18-21,42-47,50-53H,1,4-17,22-41,48-49,54-55H2,2H3/b20-18-,21-19-. The van der Waals surface area contributed by atoms with E-state index in [1.807, 2.05) is 28.0 Å². The predicted octanol–water partition coefficient (Wildman–Crippen LogP) is 19.5. The predicted molar refractivity (Wildman–Crippen MR) is 273 cm³/mol. The van der Waals surface area contributed by atoms with Crippen molar-refractivity contribution in [3.05, 3.63) is 97.6 Å². The molecule has 0 aromatic heterocycles. The Morgan fingerprint density at radius 3 is 0.934 bits per heavy atom. The number of hydrogen-bond acceptors (Lipinski definition) is 1. The zero-order valence-corrected chi connectivity index (χ0v) is 40.0. The van der Waals surface area contributed by atoms with E-state index in [4.69, 9.17) is 0 Å². The Bertz CT molecular complexity index is 1290. The second-order valence-corrected chi connectivity index (χ2v) is 18.0. The summed E-state index contributed by atoms with van der Waals surface area (Å²) in [5.41, 5.74) is 2.02. The van der Waals surface area contributed by atoms with Crippen LogP contribution in [0.4, 0.5) is 16.2 Å². The lowest BCUT2D eigenvalue weighted by molar-refractivity contribution is 0.251. The average Bonchev–Trinajstić information content (AvgIpc) is 3.29. The molecule has 0 spiro atoms. The van der Waals surface area contributed by atoms with Gasteiger partial charge in [0.05, 0.1) is 0 Å². The Morgan fingerprint density at radius 2 is 0.639 bits per heavy atom. The van der Waals surface area contributed by atoms with Crippen molar-refractivity contribution in [2.45, 2.75) is 238 Å². The summed E-state index contributed by atoms with van der Waals surface area (Å²) >= 11 is 0. The quantitative estimate of drug-likeness (QED) is 0.0482. The third kappa shape index (κ3) is 31.4. The van der Waals surface area contributed by atoms with E-state index in [2.05, 4.69) is 86.3 Å². The van der Waals surface area contributed by atoms with Crippen LogP contribution in [0, 0.1) is 0 Å². The fraction of sp³-hybridized carbons (Fsp3) is 0.672. The van der Waals surface area contributed by atoms with Crippen molar-refractivity contribution in [1.82, 2.24) is 0 Å². The molecular weight excluding hydrogens is 741 g/mol. The van der Waals surface area contributed by atoms with Gasteiger partial charge in [0.25, 0.3) is 0 Å². The van der Waals surface area contributed by atoms with Crippen molar-refractivity contribution in [3.8, 4) is 0 Å². The maximum absolute atomic E-state index is 14.4. The number of anilines is 2. The molecule has 61 heavy (non-hydrogen) atoms. The SMILES string of the molecule is C=CCCCCCCC/C=C\CCCCCCCCCCCCN(C(=O)N(CCCCCCCCCCCC/C=C\CCCCCCCC)c1ccccc1)c1ccccc1. The largest absolute Gasteiger partial charge is 0.328 e.